The summed E-state index contributed by atoms with van der Waals surface area (Å²) in [5, 5.41) is 5.66. The summed E-state index contributed by atoms with van der Waals surface area (Å²) in [7, 11) is 1.34. The van der Waals surface area contributed by atoms with Gasteiger partial charge < -0.3 is 10.1 Å². The molecule has 128 valence electrons. The van der Waals surface area contributed by atoms with Crippen LogP contribution in [0.15, 0.2) is 42.5 Å². The van der Waals surface area contributed by atoms with Crippen LogP contribution in [0.25, 0.3) is 10.8 Å². The first kappa shape index (κ1) is 17.2. The lowest BCUT2D eigenvalue weighted by molar-refractivity contribution is -0.115. The number of thiophene rings is 1. The van der Waals surface area contributed by atoms with E-state index in [1.165, 1.54) is 18.4 Å². The number of carbonyl (C=O) groups excluding carboxylic acids is 2. The van der Waals surface area contributed by atoms with Gasteiger partial charge in [-0.1, -0.05) is 42.5 Å². The lowest BCUT2D eigenvalue weighted by Gasteiger charge is -2.07. The number of hydrogen-bond acceptors (Lipinski definition) is 4. The predicted octanol–water partition coefficient (Wildman–Crippen LogP) is 4.49. The Balaban J connectivity index is 1.80. The van der Waals surface area contributed by atoms with E-state index in [-0.39, 0.29) is 12.3 Å². The molecule has 0 aliphatic rings. The number of rotatable bonds is 4. The first-order valence-corrected chi connectivity index (χ1v) is 8.77. The zero-order chi connectivity index (χ0) is 18.0. The van der Waals surface area contributed by atoms with Gasteiger partial charge in [-0.15, -0.1) is 11.3 Å². The standard InChI is InChI=1S/C20H19NO3S/c1-12-13(2)25-19(18(12)20(23)24-3)21-17(22)11-14-8-9-15-6-4-5-7-16(15)10-14/h4-10H,11H2,1-3H3,(H,21,22). The first-order valence-electron chi connectivity index (χ1n) is 7.95. The Kier molecular flexibility index (Phi) is 4.86. The minimum absolute atomic E-state index is 0.151. The molecule has 1 amide bonds. The van der Waals surface area contributed by atoms with Gasteiger partial charge in [0.2, 0.25) is 5.91 Å². The summed E-state index contributed by atoms with van der Waals surface area (Å²) in [6.07, 6.45) is 0.251. The van der Waals surface area contributed by atoms with Crippen LogP contribution in [0.3, 0.4) is 0 Å². The number of carbonyl (C=O) groups is 2. The van der Waals surface area contributed by atoms with Gasteiger partial charge in [0.15, 0.2) is 0 Å². The summed E-state index contributed by atoms with van der Waals surface area (Å²) < 4.78 is 4.84. The maximum absolute atomic E-state index is 12.4. The van der Waals surface area contributed by atoms with Crippen LogP contribution in [-0.4, -0.2) is 19.0 Å². The first-order chi connectivity index (χ1) is 12.0. The van der Waals surface area contributed by atoms with Crippen molar-refractivity contribution in [2.75, 3.05) is 12.4 Å². The summed E-state index contributed by atoms with van der Waals surface area (Å²) in [5.74, 6) is -0.579. The molecule has 0 aliphatic carbocycles. The number of hydrogen-bond donors (Lipinski definition) is 1. The number of nitrogens with one attached hydrogen (secondary N) is 1. The van der Waals surface area contributed by atoms with Gasteiger partial charge in [0.1, 0.15) is 5.00 Å². The number of anilines is 1. The highest BCUT2D eigenvalue weighted by atomic mass is 32.1. The fourth-order valence-electron chi connectivity index (χ4n) is 2.77. The van der Waals surface area contributed by atoms with E-state index >= 15 is 0 Å². The van der Waals surface area contributed by atoms with Gasteiger partial charge in [-0.2, -0.15) is 0 Å². The van der Waals surface area contributed by atoms with E-state index in [1.807, 2.05) is 56.3 Å². The quantitative estimate of drug-likeness (QED) is 0.703. The SMILES string of the molecule is COC(=O)c1c(NC(=O)Cc2ccc3ccccc3c2)sc(C)c1C. The Morgan fingerprint density at radius 3 is 2.52 bits per heavy atom. The van der Waals surface area contributed by atoms with Crippen molar-refractivity contribution in [3.05, 3.63) is 64.0 Å². The zero-order valence-corrected chi connectivity index (χ0v) is 15.2. The van der Waals surface area contributed by atoms with E-state index in [1.54, 1.807) is 0 Å². The van der Waals surface area contributed by atoms with Crippen molar-refractivity contribution in [3.8, 4) is 0 Å². The highest BCUT2D eigenvalue weighted by Gasteiger charge is 2.21. The van der Waals surface area contributed by atoms with E-state index in [2.05, 4.69) is 5.32 Å². The van der Waals surface area contributed by atoms with Crippen molar-refractivity contribution in [1.29, 1.82) is 0 Å². The maximum Gasteiger partial charge on any atom is 0.341 e. The normalized spacial score (nSPS) is 10.7. The molecule has 0 saturated heterocycles. The molecule has 0 fully saturated rings. The summed E-state index contributed by atoms with van der Waals surface area (Å²) in [4.78, 5) is 25.4. The molecule has 5 heteroatoms. The molecule has 0 aliphatic heterocycles. The monoisotopic (exact) mass is 353 g/mol. The lowest BCUT2D eigenvalue weighted by atomic mass is 10.0. The van der Waals surface area contributed by atoms with Crippen LogP contribution < -0.4 is 5.32 Å². The van der Waals surface area contributed by atoms with Crippen molar-refractivity contribution >= 4 is 39.0 Å². The molecule has 2 aromatic carbocycles. The molecule has 3 rings (SSSR count). The third-order valence-corrected chi connectivity index (χ3v) is 5.33. The lowest BCUT2D eigenvalue weighted by Crippen LogP contribution is -2.16. The summed E-state index contributed by atoms with van der Waals surface area (Å²) in [6, 6.07) is 14.0. The average molecular weight is 353 g/mol. The van der Waals surface area contributed by atoms with Crippen LogP contribution in [0, 0.1) is 13.8 Å². The number of methoxy groups -OCH3 is 1. The number of esters is 1. The number of aryl methyl sites for hydroxylation is 1. The van der Waals surface area contributed by atoms with Gasteiger partial charge in [0.05, 0.1) is 19.1 Å². The second kappa shape index (κ2) is 7.07. The molecule has 0 bridgehead atoms. The molecular formula is C20H19NO3S. The van der Waals surface area contributed by atoms with Crippen LogP contribution in [0.4, 0.5) is 5.00 Å². The third kappa shape index (κ3) is 3.56. The van der Waals surface area contributed by atoms with Crippen LogP contribution in [0.1, 0.15) is 26.4 Å². The van der Waals surface area contributed by atoms with Crippen LogP contribution in [0.2, 0.25) is 0 Å². The van der Waals surface area contributed by atoms with Crippen molar-refractivity contribution in [3.63, 3.8) is 0 Å². The zero-order valence-electron chi connectivity index (χ0n) is 14.4. The minimum Gasteiger partial charge on any atom is -0.465 e. The van der Waals surface area contributed by atoms with E-state index in [0.29, 0.717) is 10.6 Å². The highest BCUT2D eigenvalue weighted by molar-refractivity contribution is 7.16. The molecule has 0 spiro atoms. The van der Waals surface area contributed by atoms with Crippen LogP contribution >= 0.6 is 11.3 Å². The predicted molar refractivity (Wildman–Crippen MR) is 101 cm³/mol. The Bertz CT molecular complexity index is 959. The van der Waals surface area contributed by atoms with Crippen molar-refractivity contribution in [2.24, 2.45) is 0 Å². The molecule has 0 saturated carbocycles. The van der Waals surface area contributed by atoms with Gasteiger partial charge in [0, 0.05) is 4.88 Å². The summed E-state index contributed by atoms with van der Waals surface area (Å²) in [6.45, 7) is 3.78. The van der Waals surface area contributed by atoms with E-state index in [9.17, 15) is 9.59 Å². The Hall–Kier alpha value is -2.66. The fraction of sp³-hybridized carbons (Fsp3) is 0.200. The van der Waals surface area contributed by atoms with Gasteiger partial charge in [-0.3, -0.25) is 4.79 Å². The van der Waals surface area contributed by atoms with Crippen molar-refractivity contribution < 1.29 is 14.3 Å². The molecule has 25 heavy (non-hydrogen) atoms. The third-order valence-electron chi connectivity index (χ3n) is 4.21. The van der Waals surface area contributed by atoms with E-state index in [4.69, 9.17) is 4.74 Å². The van der Waals surface area contributed by atoms with Crippen molar-refractivity contribution in [1.82, 2.24) is 0 Å². The number of benzene rings is 2. The molecule has 1 aromatic heterocycles. The topological polar surface area (TPSA) is 55.4 Å². The molecule has 0 radical (unpaired) electrons. The molecular weight excluding hydrogens is 334 g/mol. The largest absolute Gasteiger partial charge is 0.465 e. The Labute approximate surface area is 150 Å². The van der Waals surface area contributed by atoms with Gasteiger partial charge >= 0.3 is 5.97 Å². The van der Waals surface area contributed by atoms with Crippen LogP contribution in [0.5, 0.6) is 0 Å². The minimum atomic E-state index is -0.428. The second-order valence-corrected chi connectivity index (χ2v) is 7.11. The number of amides is 1. The molecule has 1 N–H and O–H groups in total. The summed E-state index contributed by atoms with van der Waals surface area (Å²) >= 11 is 1.39. The van der Waals surface area contributed by atoms with E-state index in [0.717, 1.165) is 26.8 Å². The Morgan fingerprint density at radius 2 is 1.80 bits per heavy atom. The molecule has 1 heterocycles. The molecule has 0 unspecified atom stereocenters. The van der Waals surface area contributed by atoms with Gasteiger partial charge in [0.25, 0.3) is 0 Å². The molecule has 3 aromatic rings. The van der Waals surface area contributed by atoms with Crippen molar-refractivity contribution in [2.45, 2.75) is 20.3 Å². The average Bonchev–Trinajstić information content (AvgIpc) is 2.87. The smallest absolute Gasteiger partial charge is 0.341 e. The summed E-state index contributed by atoms with van der Waals surface area (Å²) in [5.41, 5.74) is 2.22. The molecule has 0 atom stereocenters. The van der Waals surface area contributed by atoms with Gasteiger partial charge in [-0.25, -0.2) is 4.79 Å². The maximum atomic E-state index is 12.4. The molecule has 4 nitrogen and oxygen atoms in total. The number of fused-ring (bicyclic) bond motifs is 1. The highest BCUT2D eigenvalue weighted by Crippen LogP contribution is 2.33. The second-order valence-electron chi connectivity index (χ2n) is 5.89. The van der Waals surface area contributed by atoms with E-state index < -0.39 is 5.97 Å². The number of ether oxygens (including phenoxy) is 1. The Morgan fingerprint density at radius 1 is 1.08 bits per heavy atom. The van der Waals surface area contributed by atoms with Crippen LogP contribution in [-0.2, 0) is 16.0 Å². The van der Waals surface area contributed by atoms with Gasteiger partial charge in [-0.05, 0) is 35.7 Å². The fourth-order valence-corrected chi connectivity index (χ4v) is 3.83.